The number of hydrogen-bond acceptors (Lipinski definition) is 2. The average molecular weight is 807 g/mol. The Morgan fingerprint density at radius 3 is 1.16 bits per heavy atom. The normalized spacial score (nSPS) is 11.7. The molecule has 0 saturated carbocycles. The lowest BCUT2D eigenvalue weighted by atomic mass is 9.84. The first-order valence-electron chi connectivity index (χ1n) is 21.6. The molecule has 0 bridgehead atoms. The quantitative estimate of drug-likeness (QED) is 0.100. The zero-order valence-electron chi connectivity index (χ0n) is 36.4. The maximum absolute atomic E-state index is 2.41. The van der Waals surface area contributed by atoms with E-state index in [4.69, 9.17) is 0 Å². The fourth-order valence-corrected chi connectivity index (χ4v) is 10.0. The smallest absolute Gasteiger partial charge is 0.0775 e. The molecule has 0 radical (unpaired) electrons. The van der Waals surface area contributed by atoms with Crippen LogP contribution in [0.1, 0.15) is 36.5 Å². The molecular weight excluding hydrogens is 753 g/mol. The molecule has 0 aromatic heterocycles. The minimum Gasteiger partial charge on any atom is -0.310 e. The van der Waals surface area contributed by atoms with E-state index in [1.165, 1.54) is 65.7 Å². The van der Waals surface area contributed by atoms with Crippen LogP contribution in [0, 0.1) is 13.8 Å². The second-order valence-electron chi connectivity index (χ2n) is 17.8. The molecule has 0 unspecified atom stereocenters. The summed E-state index contributed by atoms with van der Waals surface area (Å²) in [6.45, 7) is 16.2. The number of aryl methyl sites for hydroxylation is 2. The molecule has 0 aliphatic rings. The van der Waals surface area contributed by atoms with Crippen molar-refractivity contribution in [2.75, 3.05) is 9.80 Å². The Balaban J connectivity index is 1.24. The van der Waals surface area contributed by atoms with Gasteiger partial charge in [0.05, 0.1) is 8.07 Å². The first-order valence-corrected chi connectivity index (χ1v) is 25.1. The molecule has 0 saturated heterocycles. The molecular formula is C58H54N2Si. The highest BCUT2D eigenvalue weighted by Crippen LogP contribution is 2.47. The lowest BCUT2D eigenvalue weighted by molar-refractivity contribution is 0.866. The van der Waals surface area contributed by atoms with E-state index in [1.807, 2.05) is 0 Å². The third-order valence-electron chi connectivity index (χ3n) is 12.1. The molecule has 0 aliphatic heterocycles. The van der Waals surface area contributed by atoms with Gasteiger partial charge in [-0.2, -0.15) is 0 Å². The van der Waals surface area contributed by atoms with E-state index >= 15 is 0 Å². The third-order valence-corrected chi connectivity index (χ3v) is 14.1. The third kappa shape index (κ3) is 7.90. The first-order chi connectivity index (χ1) is 29.5. The van der Waals surface area contributed by atoms with E-state index in [0.717, 1.165) is 34.1 Å². The van der Waals surface area contributed by atoms with Gasteiger partial charge in [0.15, 0.2) is 0 Å². The summed E-state index contributed by atoms with van der Waals surface area (Å²) < 4.78 is 0. The molecule has 9 aromatic rings. The highest BCUT2D eigenvalue weighted by Gasteiger charge is 2.22. The Kier molecular flexibility index (Phi) is 10.7. The minimum absolute atomic E-state index is 0.469. The van der Waals surface area contributed by atoms with Crippen LogP contribution in [-0.2, 0) is 0 Å². The standard InChI is InChI=1S/C58H54N2Si/c1-40(2)43-26-28-48(29-27-43)59(46-18-10-8-11-19-46)50-22-14-16-44(38-50)57-53-34-24-42(4)37-56(53)58(54-35-25-41(3)36-55(54)57)45-17-15-23-51(39-45)60(47-20-12-9-13-21-47)49-30-32-52(33-31-49)61(5,6)7/h8-40H,1-7H3. The van der Waals surface area contributed by atoms with Crippen LogP contribution in [0.25, 0.3) is 43.8 Å². The van der Waals surface area contributed by atoms with Gasteiger partial charge in [0, 0.05) is 34.1 Å². The highest BCUT2D eigenvalue weighted by molar-refractivity contribution is 6.88. The van der Waals surface area contributed by atoms with Crippen molar-refractivity contribution in [1.82, 2.24) is 0 Å². The second kappa shape index (κ2) is 16.4. The Bertz CT molecular complexity index is 2980. The summed E-state index contributed by atoms with van der Waals surface area (Å²) in [5.74, 6) is 0.469. The molecule has 0 fully saturated rings. The van der Waals surface area contributed by atoms with Crippen molar-refractivity contribution < 1.29 is 0 Å². The topological polar surface area (TPSA) is 6.48 Å². The SMILES string of the molecule is Cc1ccc2c(-c3cccc(N(c4ccccc4)c4ccc([Si](C)(C)C)cc4)c3)c3cc(C)ccc3c(-c3cccc(N(c4ccccc4)c4ccc(C(C)C)cc4)c3)c2c1. The van der Waals surface area contributed by atoms with Crippen LogP contribution in [0.15, 0.2) is 194 Å². The second-order valence-corrected chi connectivity index (χ2v) is 22.9. The number of anilines is 6. The summed E-state index contributed by atoms with van der Waals surface area (Å²) in [5, 5.41) is 6.46. The predicted octanol–water partition coefficient (Wildman–Crippen LogP) is 16.6. The van der Waals surface area contributed by atoms with Gasteiger partial charge in [-0.1, -0.05) is 171 Å². The van der Waals surface area contributed by atoms with Crippen molar-refractivity contribution in [3.63, 3.8) is 0 Å². The first kappa shape index (κ1) is 39.8. The van der Waals surface area contributed by atoms with Crippen LogP contribution in [0.3, 0.4) is 0 Å². The zero-order chi connectivity index (χ0) is 42.3. The van der Waals surface area contributed by atoms with Crippen molar-refractivity contribution in [2.24, 2.45) is 0 Å². The molecule has 0 N–H and O–H groups in total. The van der Waals surface area contributed by atoms with Gasteiger partial charge in [-0.25, -0.2) is 0 Å². The van der Waals surface area contributed by atoms with Crippen LogP contribution in [0.2, 0.25) is 19.6 Å². The van der Waals surface area contributed by atoms with Gasteiger partial charge in [0.1, 0.15) is 0 Å². The van der Waals surface area contributed by atoms with Crippen molar-refractivity contribution in [3.8, 4) is 22.3 Å². The minimum atomic E-state index is -1.46. The van der Waals surface area contributed by atoms with Crippen LogP contribution in [-0.4, -0.2) is 8.07 Å². The van der Waals surface area contributed by atoms with Gasteiger partial charge in [-0.3, -0.25) is 0 Å². The van der Waals surface area contributed by atoms with Gasteiger partial charge in [-0.15, -0.1) is 0 Å². The molecule has 3 heteroatoms. The van der Waals surface area contributed by atoms with Crippen LogP contribution in [0.5, 0.6) is 0 Å². The summed E-state index contributed by atoms with van der Waals surface area (Å²) in [5.41, 5.74) is 15.5. The van der Waals surface area contributed by atoms with E-state index in [0.29, 0.717) is 5.92 Å². The number of para-hydroxylation sites is 2. The lowest BCUT2D eigenvalue weighted by Crippen LogP contribution is -2.37. The van der Waals surface area contributed by atoms with Gasteiger partial charge in [0.2, 0.25) is 0 Å². The highest BCUT2D eigenvalue weighted by atomic mass is 28.3. The summed E-state index contributed by atoms with van der Waals surface area (Å²) in [6, 6.07) is 72.1. The van der Waals surface area contributed by atoms with E-state index in [1.54, 1.807) is 0 Å². The van der Waals surface area contributed by atoms with Crippen molar-refractivity contribution in [2.45, 2.75) is 53.3 Å². The van der Waals surface area contributed by atoms with Gasteiger partial charge in [-0.05, 0) is 142 Å². The molecule has 300 valence electrons. The number of fused-ring (bicyclic) bond motifs is 2. The predicted molar refractivity (Wildman–Crippen MR) is 268 cm³/mol. The zero-order valence-corrected chi connectivity index (χ0v) is 37.4. The Morgan fingerprint density at radius 2 is 0.754 bits per heavy atom. The number of benzene rings is 9. The monoisotopic (exact) mass is 806 g/mol. The fourth-order valence-electron chi connectivity index (χ4n) is 8.85. The van der Waals surface area contributed by atoms with Crippen LogP contribution < -0.4 is 15.0 Å². The maximum Gasteiger partial charge on any atom is 0.0775 e. The van der Waals surface area contributed by atoms with Crippen molar-refractivity contribution in [3.05, 3.63) is 211 Å². The molecule has 0 spiro atoms. The Morgan fingerprint density at radius 1 is 0.361 bits per heavy atom. The summed E-state index contributed by atoms with van der Waals surface area (Å²) in [6.07, 6.45) is 0. The van der Waals surface area contributed by atoms with Gasteiger partial charge < -0.3 is 9.80 Å². The maximum atomic E-state index is 2.41. The van der Waals surface area contributed by atoms with Crippen LogP contribution >= 0.6 is 0 Å². The molecule has 9 rings (SSSR count). The number of hydrogen-bond donors (Lipinski definition) is 0. The van der Waals surface area contributed by atoms with Crippen molar-refractivity contribution in [1.29, 1.82) is 0 Å². The molecule has 0 amide bonds. The largest absolute Gasteiger partial charge is 0.310 e. The van der Waals surface area contributed by atoms with E-state index in [2.05, 4.69) is 251 Å². The molecule has 0 aliphatic carbocycles. The number of rotatable bonds is 10. The van der Waals surface area contributed by atoms with E-state index in [9.17, 15) is 0 Å². The number of nitrogens with zero attached hydrogens (tertiary/aromatic N) is 2. The van der Waals surface area contributed by atoms with Crippen molar-refractivity contribution >= 4 is 68.9 Å². The van der Waals surface area contributed by atoms with E-state index < -0.39 is 8.07 Å². The fraction of sp³-hybridized carbons (Fsp3) is 0.138. The van der Waals surface area contributed by atoms with E-state index in [-0.39, 0.29) is 0 Å². The summed E-state index contributed by atoms with van der Waals surface area (Å²) in [4.78, 5) is 4.77. The summed E-state index contributed by atoms with van der Waals surface area (Å²) in [7, 11) is -1.46. The lowest BCUT2D eigenvalue weighted by Gasteiger charge is -2.27. The Labute approximate surface area is 363 Å². The molecule has 61 heavy (non-hydrogen) atoms. The van der Waals surface area contributed by atoms with Crippen LogP contribution in [0.4, 0.5) is 34.1 Å². The average Bonchev–Trinajstić information content (AvgIpc) is 3.27. The Hall–Kier alpha value is -6.68. The molecule has 2 nitrogen and oxygen atoms in total. The molecule has 0 heterocycles. The van der Waals surface area contributed by atoms with Gasteiger partial charge in [0.25, 0.3) is 0 Å². The molecule has 0 atom stereocenters. The van der Waals surface area contributed by atoms with Gasteiger partial charge >= 0.3 is 0 Å². The summed E-state index contributed by atoms with van der Waals surface area (Å²) >= 11 is 0. The molecule has 9 aromatic carbocycles.